The number of benzene rings is 1. The highest BCUT2D eigenvalue weighted by Crippen LogP contribution is 2.28. The van der Waals surface area contributed by atoms with Crippen LogP contribution in [0.3, 0.4) is 0 Å². The summed E-state index contributed by atoms with van der Waals surface area (Å²) in [5.41, 5.74) is 2.74. The molecule has 0 spiro atoms. The van der Waals surface area contributed by atoms with Gasteiger partial charge in [0.05, 0.1) is 6.07 Å². The van der Waals surface area contributed by atoms with Crippen molar-refractivity contribution in [2.24, 2.45) is 11.8 Å². The molecule has 3 rings (SSSR count). The minimum atomic E-state index is 0.142. The topological polar surface area (TPSA) is 44.1 Å². The molecular weight excluding hydrogens is 248 g/mol. The zero-order chi connectivity index (χ0) is 13.9. The van der Waals surface area contributed by atoms with Gasteiger partial charge in [-0.15, -0.1) is 0 Å². The maximum absolute atomic E-state index is 12.6. The molecule has 1 saturated heterocycles. The van der Waals surface area contributed by atoms with Crippen molar-refractivity contribution in [2.45, 2.75) is 32.1 Å². The highest BCUT2D eigenvalue weighted by molar-refractivity contribution is 5.79. The number of likely N-dealkylation sites (tertiary alicyclic amines) is 1. The number of hydrogen-bond donors (Lipinski definition) is 0. The van der Waals surface area contributed by atoms with Crippen LogP contribution in [0.15, 0.2) is 24.3 Å². The molecule has 1 aliphatic heterocycles. The second-order valence-corrected chi connectivity index (χ2v) is 5.94. The van der Waals surface area contributed by atoms with Gasteiger partial charge in [0.1, 0.15) is 0 Å². The van der Waals surface area contributed by atoms with Gasteiger partial charge in [-0.2, -0.15) is 5.26 Å². The maximum atomic E-state index is 12.6. The summed E-state index contributed by atoms with van der Waals surface area (Å²) < 4.78 is 0. The monoisotopic (exact) mass is 268 g/mol. The predicted octanol–water partition coefficient (Wildman–Crippen LogP) is 2.55. The minimum absolute atomic E-state index is 0.142. The quantitative estimate of drug-likeness (QED) is 0.785. The molecule has 0 saturated carbocycles. The SMILES string of the molecule is N#CC1CCN(C(=O)C2CCc3ccccc3C2)CC1. The second-order valence-electron chi connectivity index (χ2n) is 5.94. The van der Waals surface area contributed by atoms with Gasteiger partial charge in [-0.05, 0) is 43.2 Å². The molecule has 1 fully saturated rings. The molecule has 1 aromatic rings. The van der Waals surface area contributed by atoms with Crippen LogP contribution in [0, 0.1) is 23.2 Å². The van der Waals surface area contributed by atoms with Gasteiger partial charge >= 0.3 is 0 Å². The van der Waals surface area contributed by atoms with Crippen molar-refractivity contribution >= 4 is 5.91 Å². The van der Waals surface area contributed by atoms with Crippen LogP contribution in [0.5, 0.6) is 0 Å². The van der Waals surface area contributed by atoms with Crippen molar-refractivity contribution in [3.8, 4) is 6.07 Å². The van der Waals surface area contributed by atoms with Crippen molar-refractivity contribution < 1.29 is 4.79 Å². The average molecular weight is 268 g/mol. The van der Waals surface area contributed by atoms with Crippen LogP contribution in [0.1, 0.15) is 30.4 Å². The molecule has 1 amide bonds. The van der Waals surface area contributed by atoms with E-state index < -0.39 is 0 Å². The van der Waals surface area contributed by atoms with Crippen LogP contribution in [0.25, 0.3) is 0 Å². The molecule has 3 nitrogen and oxygen atoms in total. The smallest absolute Gasteiger partial charge is 0.226 e. The van der Waals surface area contributed by atoms with Crippen molar-refractivity contribution in [1.82, 2.24) is 4.90 Å². The Kier molecular flexibility index (Phi) is 3.73. The Morgan fingerprint density at radius 1 is 1.15 bits per heavy atom. The Balaban J connectivity index is 1.64. The van der Waals surface area contributed by atoms with Gasteiger partial charge in [-0.3, -0.25) is 4.79 Å². The third kappa shape index (κ3) is 2.56. The molecule has 1 atom stereocenters. The first kappa shape index (κ1) is 13.2. The molecule has 1 heterocycles. The summed E-state index contributed by atoms with van der Waals surface area (Å²) in [6, 6.07) is 10.8. The van der Waals surface area contributed by atoms with Crippen molar-refractivity contribution in [3.63, 3.8) is 0 Å². The van der Waals surface area contributed by atoms with Crippen molar-refractivity contribution in [3.05, 3.63) is 35.4 Å². The van der Waals surface area contributed by atoms with E-state index in [0.717, 1.165) is 45.2 Å². The van der Waals surface area contributed by atoms with Crippen LogP contribution in [0.4, 0.5) is 0 Å². The van der Waals surface area contributed by atoms with E-state index in [1.807, 2.05) is 4.90 Å². The number of nitrogens with zero attached hydrogens (tertiary/aromatic N) is 2. The summed E-state index contributed by atoms with van der Waals surface area (Å²) in [5.74, 6) is 0.588. The molecule has 0 N–H and O–H groups in total. The van der Waals surface area contributed by atoms with Gasteiger partial charge in [-0.25, -0.2) is 0 Å². The maximum Gasteiger partial charge on any atom is 0.226 e. The molecule has 104 valence electrons. The van der Waals surface area contributed by atoms with Gasteiger partial charge in [0.25, 0.3) is 0 Å². The lowest BCUT2D eigenvalue weighted by molar-refractivity contribution is -0.137. The van der Waals surface area contributed by atoms with E-state index in [1.54, 1.807) is 0 Å². The first-order chi connectivity index (χ1) is 9.78. The molecule has 20 heavy (non-hydrogen) atoms. The van der Waals surface area contributed by atoms with Crippen LogP contribution in [0.2, 0.25) is 0 Å². The van der Waals surface area contributed by atoms with Gasteiger partial charge in [-0.1, -0.05) is 24.3 Å². The van der Waals surface area contributed by atoms with Crippen molar-refractivity contribution in [1.29, 1.82) is 5.26 Å². The van der Waals surface area contributed by atoms with E-state index in [1.165, 1.54) is 11.1 Å². The Labute approximate surface area is 120 Å². The number of nitriles is 1. The zero-order valence-electron chi connectivity index (χ0n) is 11.7. The number of carbonyl (C=O) groups excluding carboxylic acids is 1. The Hall–Kier alpha value is -1.82. The number of rotatable bonds is 1. The standard InChI is InChI=1S/C17H20N2O/c18-12-13-7-9-19(10-8-13)17(20)16-6-5-14-3-1-2-4-15(14)11-16/h1-4,13,16H,5-11H2. The van der Waals surface area contributed by atoms with Gasteiger partial charge < -0.3 is 4.90 Å². The lowest BCUT2D eigenvalue weighted by Crippen LogP contribution is -2.43. The molecule has 1 unspecified atom stereocenters. The summed E-state index contributed by atoms with van der Waals surface area (Å²) >= 11 is 0. The van der Waals surface area contributed by atoms with E-state index in [0.29, 0.717) is 5.91 Å². The molecule has 0 bridgehead atoms. The normalized spacial score (nSPS) is 22.9. The largest absolute Gasteiger partial charge is 0.342 e. The summed E-state index contributed by atoms with van der Waals surface area (Å²) in [7, 11) is 0. The molecule has 0 aromatic heterocycles. The van der Waals surface area contributed by atoms with Crippen LogP contribution < -0.4 is 0 Å². The molecule has 1 aromatic carbocycles. The Bertz CT molecular complexity index is 538. The number of hydrogen-bond acceptors (Lipinski definition) is 2. The number of piperidine rings is 1. The fraction of sp³-hybridized carbons (Fsp3) is 0.529. The third-order valence-electron chi connectivity index (χ3n) is 4.69. The average Bonchev–Trinajstić information content (AvgIpc) is 2.54. The lowest BCUT2D eigenvalue weighted by Gasteiger charge is -2.33. The summed E-state index contributed by atoms with van der Waals surface area (Å²) in [6.45, 7) is 1.52. The zero-order valence-corrected chi connectivity index (χ0v) is 11.7. The third-order valence-corrected chi connectivity index (χ3v) is 4.69. The number of carbonyl (C=O) groups is 1. The number of fused-ring (bicyclic) bond motifs is 1. The van der Waals surface area contributed by atoms with E-state index in [4.69, 9.17) is 5.26 Å². The second kappa shape index (κ2) is 5.66. The van der Waals surface area contributed by atoms with Gasteiger partial charge in [0.15, 0.2) is 0 Å². The summed E-state index contributed by atoms with van der Waals surface area (Å²) in [6.07, 6.45) is 4.54. The predicted molar refractivity (Wildman–Crippen MR) is 76.9 cm³/mol. The minimum Gasteiger partial charge on any atom is -0.342 e. The van der Waals surface area contributed by atoms with E-state index >= 15 is 0 Å². The molecule has 0 radical (unpaired) electrons. The molecule has 2 aliphatic rings. The van der Waals surface area contributed by atoms with Gasteiger partial charge in [0, 0.05) is 24.9 Å². The van der Waals surface area contributed by atoms with Crippen LogP contribution in [-0.4, -0.2) is 23.9 Å². The Morgan fingerprint density at radius 3 is 2.55 bits per heavy atom. The first-order valence-corrected chi connectivity index (χ1v) is 7.53. The summed E-state index contributed by atoms with van der Waals surface area (Å²) in [4.78, 5) is 14.6. The Morgan fingerprint density at radius 2 is 1.85 bits per heavy atom. The number of amides is 1. The molecule has 3 heteroatoms. The highest BCUT2D eigenvalue weighted by Gasteiger charge is 2.30. The first-order valence-electron chi connectivity index (χ1n) is 7.53. The number of aryl methyl sites for hydroxylation is 1. The highest BCUT2D eigenvalue weighted by atomic mass is 16.2. The summed E-state index contributed by atoms with van der Waals surface area (Å²) in [5, 5.41) is 8.92. The van der Waals surface area contributed by atoms with Crippen LogP contribution >= 0.6 is 0 Å². The van der Waals surface area contributed by atoms with Crippen molar-refractivity contribution in [2.75, 3.05) is 13.1 Å². The van der Waals surface area contributed by atoms with Crippen LogP contribution in [-0.2, 0) is 17.6 Å². The van der Waals surface area contributed by atoms with E-state index in [9.17, 15) is 4.79 Å². The fourth-order valence-electron chi connectivity index (χ4n) is 3.40. The van der Waals surface area contributed by atoms with Gasteiger partial charge in [0.2, 0.25) is 5.91 Å². The fourth-order valence-corrected chi connectivity index (χ4v) is 3.40. The molecular formula is C17H20N2O. The molecule has 1 aliphatic carbocycles. The lowest BCUT2D eigenvalue weighted by atomic mass is 9.83. The van der Waals surface area contributed by atoms with E-state index in [2.05, 4.69) is 30.3 Å². The van der Waals surface area contributed by atoms with E-state index in [-0.39, 0.29) is 11.8 Å².